The maximum absolute atomic E-state index is 13.1. The average Bonchev–Trinajstić information content (AvgIpc) is 3.10. The first kappa shape index (κ1) is 24.7. The fraction of sp³-hybridized carbons (Fsp3) is 0.458. The summed E-state index contributed by atoms with van der Waals surface area (Å²) in [6, 6.07) is 16.9. The van der Waals surface area contributed by atoms with Crippen LogP contribution in [0.5, 0.6) is 0 Å². The zero-order valence-electron chi connectivity index (χ0n) is 18.4. The molecule has 174 valence electrons. The molecular weight excluding hydrogens is 446 g/mol. The summed E-state index contributed by atoms with van der Waals surface area (Å²) in [7, 11) is -3.56. The van der Waals surface area contributed by atoms with Gasteiger partial charge in [0.1, 0.15) is 0 Å². The molecule has 2 aliphatic heterocycles. The number of nitrogens with zero attached hydrogens (tertiary/aromatic N) is 3. The van der Waals surface area contributed by atoms with Crippen molar-refractivity contribution in [2.75, 3.05) is 39.3 Å². The summed E-state index contributed by atoms with van der Waals surface area (Å²) in [4.78, 5) is 17.5. The monoisotopic (exact) mass is 477 g/mol. The van der Waals surface area contributed by atoms with Crippen LogP contribution in [0.25, 0.3) is 0 Å². The number of amides is 1. The SMILES string of the molecule is Cl.O=C(c1cccc(S(=O)(=O)N2CCCCCC2)c1)N1CCN(Cc2ccccc2)CC1. The standard InChI is InChI=1S/C24H31N3O3S.ClH/c28-24(26-17-15-25(16-18-26)20-21-9-4-3-5-10-21)22-11-8-12-23(19-22)31(29,30)27-13-6-1-2-7-14-27;/h3-5,8-12,19H,1-2,6-7,13-18,20H2;1H. The molecule has 0 spiro atoms. The van der Waals surface area contributed by atoms with E-state index >= 15 is 0 Å². The zero-order valence-corrected chi connectivity index (χ0v) is 20.0. The van der Waals surface area contributed by atoms with Crippen LogP contribution in [0.2, 0.25) is 0 Å². The van der Waals surface area contributed by atoms with Crippen LogP contribution in [0.3, 0.4) is 0 Å². The fourth-order valence-electron chi connectivity index (χ4n) is 4.35. The minimum Gasteiger partial charge on any atom is -0.336 e. The molecule has 0 aliphatic carbocycles. The van der Waals surface area contributed by atoms with E-state index in [1.807, 2.05) is 23.1 Å². The Balaban J connectivity index is 0.00000289. The molecule has 2 aromatic carbocycles. The highest BCUT2D eigenvalue weighted by Crippen LogP contribution is 2.22. The number of sulfonamides is 1. The molecule has 0 aromatic heterocycles. The minimum atomic E-state index is -3.56. The molecule has 32 heavy (non-hydrogen) atoms. The molecule has 8 heteroatoms. The molecule has 2 aliphatic rings. The number of piperazine rings is 1. The van der Waals surface area contributed by atoms with Crippen molar-refractivity contribution in [2.45, 2.75) is 37.1 Å². The van der Waals surface area contributed by atoms with E-state index in [-0.39, 0.29) is 23.2 Å². The lowest BCUT2D eigenvalue weighted by Crippen LogP contribution is -2.48. The molecule has 0 radical (unpaired) electrons. The van der Waals surface area contributed by atoms with Crippen molar-refractivity contribution in [1.82, 2.24) is 14.1 Å². The highest BCUT2D eigenvalue weighted by atomic mass is 35.5. The summed E-state index contributed by atoms with van der Waals surface area (Å²) in [5.41, 5.74) is 1.72. The van der Waals surface area contributed by atoms with Crippen LogP contribution in [-0.4, -0.2) is 67.7 Å². The van der Waals surface area contributed by atoms with Crippen LogP contribution in [0.4, 0.5) is 0 Å². The van der Waals surface area contributed by atoms with Crippen molar-refractivity contribution < 1.29 is 13.2 Å². The highest BCUT2D eigenvalue weighted by molar-refractivity contribution is 7.89. The normalized spacial score (nSPS) is 18.6. The summed E-state index contributed by atoms with van der Waals surface area (Å²) >= 11 is 0. The maximum Gasteiger partial charge on any atom is 0.253 e. The number of hydrogen-bond donors (Lipinski definition) is 0. The molecule has 0 unspecified atom stereocenters. The second-order valence-corrected chi connectivity index (χ2v) is 10.3. The fourth-order valence-corrected chi connectivity index (χ4v) is 5.92. The van der Waals surface area contributed by atoms with Crippen LogP contribution in [0.15, 0.2) is 59.5 Å². The minimum absolute atomic E-state index is 0. The maximum atomic E-state index is 13.1. The molecule has 0 saturated carbocycles. The van der Waals surface area contributed by atoms with Gasteiger partial charge < -0.3 is 4.90 Å². The quantitative estimate of drug-likeness (QED) is 0.659. The summed E-state index contributed by atoms with van der Waals surface area (Å²) < 4.78 is 27.8. The first-order chi connectivity index (χ1) is 15.0. The zero-order chi connectivity index (χ0) is 21.7. The van der Waals surface area contributed by atoms with Crippen molar-refractivity contribution in [1.29, 1.82) is 0 Å². The molecule has 0 bridgehead atoms. The predicted octanol–water partition coefficient (Wildman–Crippen LogP) is 3.63. The molecule has 0 N–H and O–H groups in total. The molecule has 2 aromatic rings. The first-order valence-electron chi connectivity index (χ1n) is 11.2. The molecule has 2 fully saturated rings. The Kier molecular flexibility index (Phi) is 8.71. The number of benzene rings is 2. The van der Waals surface area contributed by atoms with Gasteiger partial charge in [-0.25, -0.2) is 8.42 Å². The number of carbonyl (C=O) groups is 1. The van der Waals surface area contributed by atoms with Crippen LogP contribution >= 0.6 is 12.4 Å². The molecule has 1 amide bonds. The molecule has 6 nitrogen and oxygen atoms in total. The summed E-state index contributed by atoms with van der Waals surface area (Å²) in [5, 5.41) is 0. The van der Waals surface area contributed by atoms with Crippen molar-refractivity contribution in [3.63, 3.8) is 0 Å². The number of rotatable bonds is 5. The second kappa shape index (κ2) is 11.3. The Hall–Kier alpha value is -1.93. The van der Waals surface area contributed by atoms with Gasteiger partial charge in [-0.3, -0.25) is 9.69 Å². The van der Waals surface area contributed by atoms with E-state index in [1.165, 1.54) is 5.56 Å². The highest BCUT2D eigenvalue weighted by Gasteiger charge is 2.27. The van der Waals surface area contributed by atoms with Gasteiger partial charge in [-0.05, 0) is 36.6 Å². The van der Waals surface area contributed by atoms with Crippen LogP contribution in [0, 0.1) is 0 Å². The summed E-state index contributed by atoms with van der Waals surface area (Å²) in [6.45, 7) is 4.92. The molecular formula is C24H32ClN3O3S. The van der Waals surface area contributed by atoms with Gasteiger partial charge in [0.05, 0.1) is 4.90 Å². The van der Waals surface area contributed by atoms with E-state index in [9.17, 15) is 13.2 Å². The van der Waals surface area contributed by atoms with Gasteiger partial charge in [-0.2, -0.15) is 4.31 Å². The van der Waals surface area contributed by atoms with Gasteiger partial charge in [-0.1, -0.05) is 49.2 Å². The van der Waals surface area contributed by atoms with E-state index in [2.05, 4.69) is 17.0 Å². The second-order valence-electron chi connectivity index (χ2n) is 8.40. The summed E-state index contributed by atoms with van der Waals surface area (Å²) in [5.74, 6) is -0.0905. The molecule has 2 heterocycles. The topological polar surface area (TPSA) is 60.9 Å². The van der Waals surface area contributed by atoms with E-state index in [0.717, 1.165) is 45.3 Å². The number of hydrogen-bond acceptors (Lipinski definition) is 4. The Morgan fingerprint density at radius 3 is 2.09 bits per heavy atom. The molecule has 4 rings (SSSR count). The number of halogens is 1. The lowest BCUT2D eigenvalue weighted by atomic mass is 10.1. The van der Waals surface area contributed by atoms with E-state index in [0.29, 0.717) is 31.7 Å². The summed E-state index contributed by atoms with van der Waals surface area (Å²) in [6.07, 6.45) is 3.93. The first-order valence-corrected chi connectivity index (χ1v) is 12.6. The molecule has 0 atom stereocenters. The van der Waals surface area contributed by atoms with Crippen molar-refractivity contribution in [3.8, 4) is 0 Å². The van der Waals surface area contributed by atoms with Gasteiger partial charge >= 0.3 is 0 Å². The predicted molar refractivity (Wildman–Crippen MR) is 129 cm³/mol. The van der Waals surface area contributed by atoms with Crippen molar-refractivity contribution in [3.05, 3.63) is 65.7 Å². The Morgan fingerprint density at radius 1 is 0.781 bits per heavy atom. The van der Waals surface area contributed by atoms with E-state index < -0.39 is 10.0 Å². The third-order valence-corrected chi connectivity index (χ3v) is 8.09. The van der Waals surface area contributed by atoms with Gasteiger partial charge in [0.15, 0.2) is 0 Å². The number of carbonyl (C=O) groups excluding carboxylic acids is 1. The largest absolute Gasteiger partial charge is 0.336 e. The van der Waals surface area contributed by atoms with Crippen molar-refractivity contribution in [2.24, 2.45) is 0 Å². The van der Waals surface area contributed by atoms with E-state index in [1.54, 1.807) is 28.6 Å². The average molecular weight is 478 g/mol. The molecule has 2 saturated heterocycles. The smallest absolute Gasteiger partial charge is 0.253 e. The van der Waals surface area contributed by atoms with Crippen LogP contribution in [0.1, 0.15) is 41.6 Å². The van der Waals surface area contributed by atoms with Gasteiger partial charge in [-0.15, -0.1) is 12.4 Å². The third-order valence-electron chi connectivity index (χ3n) is 6.19. The lowest BCUT2D eigenvalue weighted by Gasteiger charge is -2.35. The van der Waals surface area contributed by atoms with Crippen LogP contribution < -0.4 is 0 Å². The Labute approximate surface area is 197 Å². The van der Waals surface area contributed by atoms with E-state index in [4.69, 9.17) is 0 Å². The van der Waals surface area contributed by atoms with Crippen molar-refractivity contribution >= 4 is 28.3 Å². The third kappa shape index (κ3) is 5.90. The lowest BCUT2D eigenvalue weighted by molar-refractivity contribution is 0.0628. The van der Waals surface area contributed by atoms with Gasteiger partial charge in [0.2, 0.25) is 10.0 Å². The van der Waals surface area contributed by atoms with Crippen LogP contribution in [-0.2, 0) is 16.6 Å². The Morgan fingerprint density at radius 2 is 1.44 bits per heavy atom. The van der Waals surface area contributed by atoms with Gasteiger partial charge in [0, 0.05) is 51.4 Å². The van der Waals surface area contributed by atoms with Gasteiger partial charge in [0.25, 0.3) is 5.91 Å². The Bertz CT molecular complexity index is 985.